The SMILES string of the molecule is O=C(CN1C(=O)NC2(CCCC2)C1=O)N=c1sccn1Cc1ccccc1. The van der Waals surface area contributed by atoms with Crippen LogP contribution in [0.2, 0.25) is 0 Å². The Morgan fingerprint density at radius 1 is 1.19 bits per heavy atom. The van der Waals surface area contributed by atoms with E-state index in [0.29, 0.717) is 24.2 Å². The fourth-order valence-electron chi connectivity index (χ4n) is 3.70. The molecule has 0 atom stereocenters. The molecule has 0 radical (unpaired) electrons. The number of carbonyl (C=O) groups is 3. The Hall–Kier alpha value is -2.74. The highest BCUT2D eigenvalue weighted by molar-refractivity contribution is 7.07. The zero-order valence-corrected chi connectivity index (χ0v) is 15.6. The minimum Gasteiger partial charge on any atom is -0.323 e. The van der Waals surface area contributed by atoms with Crippen molar-refractivity contribution in [1.82, 2.24) is 14.8 Å². The average Bonchev–Trinajstić information content (AvgIpc) is 3.35. The van der Waals surface area contributed by atoms with Crippen molar-refractivity contribution in [2.45, 2.75) is 37.8 Å². The van der Waals surface area contributed by atoms with Gasteiger partial charge in [-0.25, -0.2) is 4.79 Å². The lowest BCUT2D eigenvalue weighted by Crippen LogP contribution is -2.44. The van der Waals surface area contributed by atoms with E-state index in [9.17, 15) is 14.4 Å². The van der Waals surface area contributed by atoms with Crippen LogP contribution in [0.5, 0.6) is 0 Å². The maximum Gasteiger partial charge on any atom is 0.325 e. The van der Waals surface area contributed by atoms with Gasteiger partial charge in [-0.3, -0.25) is 14.5 Å². The van der Waals surface area contributed by atoms with E-state index < -0.39 is 17.5 Å². The Labute approximate surface area is 160 Å². The molecule has 2 fully saturated rings. The first-order valence-electron chi connectivity index (χ1n) is 8.97. The Balaban J connectivity index is 1.49. The molecule has 1 saturated carbocycles. The summed E-state index contributed by atoms with van der Waals surface area (Å²) >= 11 is 1.35. The average molecular weight is 384 g/mol. The van der Waals surface area contributed by atoms with Crippen molar-refractivity contribution in [2.75, 3.05) is 6.54 Å². The highest BCUT2D eigenvalue weighted by Crippen LogP contribution is 2.34. The lowest BCUT2D eigenvalue weighted by Gasteiger charge is -2.19. The van der Waals surface area contributed by atoms with Crippen LogP contribution in [-0.2, 0) is 16.1 Å². The van der Waals surface area contributed by atoms with Crippen LogP contribution in [0.3, 0.4) is 0 Å². The highest BCUT2D eigenvalue weighted by Gasteiger charge is 2.52. The number of imide groups is 1. The van der Waals surface area contributed by atoms with Crippen LogP contribution in [0.25, 0.3) is 0 Å². The quantitative estimate of drug-likeness (QED) is 0.817. The number of benzene rings is 1. The number of aromatic nitrogens is 1. The summed E-state index contributed by atoms with van der Waals surface area (Å²) in [5, 5.41) is 4.64. The molecule has 0 unspecified atom stereocenters. The summed E-state index contributed by atoms with van der Waals surface area (Å²) in [7, 11) is 0. The van der Waals surface area contributed by atoms with Crippen LogP contribution < -0.4 is 10.1 Å². The van der Waals surface area contributed by atoms with Crippen molar-refractivity contribution in [3.05, 3.63) is 52.3 Å². The third kappa shape index (κ3) is 3.44. The topological polar surface area (TPSA) is 83.8 Å². The molecule has 2 aliphatic rings. The van der Waals surface area contributed by atoms with Gasteiger partial charge in [0.05, 0.1) is 0 Å². The molecule has 1 spiro atoms. The van der Waals surface area contributed by atoms with Crippen molar-refractivity contribution in [2.24, 2.45) is 4.99 Å². The van der Waals surface area contributed by atoms with Crippen molar-refractivity contribution in [3.63, 3.8) is 0 Å². The van der Waals surface area contributed by atoms with E-state index >= 15 is 0 Å². The lowest BCUT2D eigenvalue weighted by molar-refractivity contribution is -0.134. The number of carbonyl (C=O) groups excluding carboxylic acids is 3. The van der Waals surface area contributed by atoms with E-state index in [1.54, 1.807) is 0 Å². The second kappa shape index (κ2) is 7.11. The smallest absolute Gasteiger partial charge is 0.323 e. The summed E-state index contributed by atoms with van der Waals surface area (Å²) in [6.45, 7) is 0.276. The van der Waals surface area contributed by atoms with Crippen LogP contribution in [0.15, 0.2) is 46.9 Å². The van der Waals surface area contributed by atoms with E-state index in [-0.39, 0.29) is 12.5 Å². The highest BCUT2D eigenvalue weighted by atomic mass is 32.1. The van der Waals surface area contributed by atoms with E-state index in [2.05, 4.69) is 10.3 Å². The second-order valence-electron chi connectivity index (χ2n) is 6.92. The third-order valence-corrected chi connectivity index (χ3v) is 5.87. The van der Waals surface area contributed by atoms with Crippen LogP contribution in [-0.4, -0.2) is 39.4 Å². The summed E-state index contributed by atoms with van der Waals surface area (Å²) in [6, 6.07) is 9.39. The van der Waals surface area contributed by atoms with Crippen molar-refractivity contribution >= 4 is 29.2 Å². The fraction of sp³-hybridized carbons (Fsp3) is 0.368. The Bertz CT molecular complexity index is 941. The molecule has 1 saturated heterocycles. The number of rotatable bonds is 4. The second-order valence-corrected chi connectivity index (χ2v) is 7.79. The first-order valence-corrected chi connectivity index (χ1v) is 9.85. The molecular formula is C19H20N4O3S. The van der Waals surface area contributed by atoms with E-state index in [1.165, 1.54) is 11.3 Å². The molecule has 7 nitrogen and oxygen atoms in total. The van der Waals surface area contributed by atoms with Gasteiger partial charge in [-0.05, 0) is 18.4 Å². The molecule has 4 amide bonds. The predicted molar refractivity (Wildman–Crippen MR) is 99.9 cm³/mol. The van der Waals surface area contributed by atoms with Gasteiger partial charge < -0.3 is 9.88 Å². The van der Waals surface area contributed by atoms with Gasteiger partial charge in [-0.1, -0.05) is 43.2 Å². The zero-order chi connectivity index (χ0) is 18.9. The van der Waals surface area contributed by atoms with Crippen LogP contribution in [0, 0.1) is 0 Å². The number of thiazole rings is 1. The molecule has 140 valence electrons. The molecule has 1 N–H and O–H groups in total. The van der Waals surface area contributed by atoms with Crippen LogP contribution >= 0.6 is 11.3 Å². The van der Waals surface area contributed by atoms with Gasteiger partial charge in [-0.2, -0.15) is 4.99 Å². The van der Waals surface area contributed by atoms with Crippen LogP contribution in [0.1, 0.15) is 31.2 Å². The molecule has 4 rings (SSSR count). The van der Waals surface area contributed by atoms with Crippen LogP contribution in [0.4, 0.5) is 4.79 Å². The summed E-state index contributed by atoms with van der Waals surface area (Å²) in [5.74, 6) is -0.797. The molecule has 27 heavy (non-hydrogen) atoms. The first kappa shape index (κ1) is 17.7. The monoisotopic (exact) mass is 384 g/mol. The summed E-state index contributed by atoms with van der Waals surface area (Å²) in [6.07, 6.45) is 4.97. The van der Waals surface area contributed by atoms with Gasteiger partial charge in [0.25, 0.3) is 11.8 Å². The maximum atomic E-state index is 12.6. The van der Waals surface area contributed by atoms with E-state index in [0.717, 1.165) is 23.3 Å². The number of hydrogen-bond acceptors (Lipinski definition) is 4. The predicted octanol–water partition coefficient (Wildman–Crippen LogP) is 1.89. The summed E-state index contributed by atoms with van der Waals surface area (Å²) < 4.78 is 1.88. The Morgan fingerprint density at radius 2 is 1.93 bits per heavy atom. The van der Waals surface area contributed by atoms with Gasteiger partial charge in [-0.15, -0.1) is 11.3 Å². The van der Waals surface area contributed by atoms with E-state index in [1.807, 2.05) is 46.5 Å². The number of hydrogen-bond donors (Lipinski definition) is 1. The number of nitrogens with zero attached hydrogens (tertiary/aromatic N) is 3. The normalized spacial score (nSPS) is 19.1. The van der Waals surface area contributed by atoms with Crippen molar-refractivity contribution in [1.29, 1.82) is 0 Å². The van der Waals surface area contributed by atoms with E-state index in [4.69, 9.17) is 0 Å². The number of urea groups is 1. The maximum absolute atomic E-state index is 12.6. The Kier molecular flexibility index (Phi) is 4.65. The largest absolute Gasteiger partial charge is 0.325 e. The van der Waals surface area contributed by atoms with Gasteiger partial charge in [0.15, 0.2) is 4.80 Å². The molecule has 1 aliphatic heterocycles. The Morgan fingerprint density at radius 3 is 2.67 bits per heavy atom. The van der Waals surface area contributed by atoms with Crippen molar-refractivity contribution in [3.8, 4) is 0 Å². The molecule has 1 aliphatic carbocycles. The summed E-state index contributed by atoms with van der Waals surface area (Å²) in [4.78, 5) is 42.9. The molecule has 0 bridgehead atoms. The minimum absolute atomic E-state index is 0.295. The standard InChI is InChI=1S/C19H20N4O3S/c24-15(13-23-16(25)19(21-17(23)26)8-4-5-9-19)20-18-22(10-11-27-18)12-14-6-2-1-3-7-14/h1-3,6-7,10-11H,4-5,8-9,12-13H2,(H,21,26). The molecule has 8 heteroatoms. The van der Waals surface area contributed by atoms with Gasteiger partial charge in [0.2, 0.25) is 0 Å². The third-order valence-electron chi connectivity index (χ3n) is 5.07. The molecule has 2 heterocycles. The molecule has 1 aromatic heterocycles. The van der Waals surface area contributed by atoms with Gasteiger partial charge >= 0.3 is 6.03 Å². The number of nitrogens with one attached hydrogen (secondary N) is 1. The summed E-state index contributed by atoms with van der Waals surface area (Å²) in [5.41, 5.74) is 0.301. The van der Waals surface area contributed by atoms with Crippen molar-refractivity contribution < 1.29 is 14.4 Å². The molecule has 2 aromatic rings. The number of amides is 4. The lowest BCUT2D eigenvalue weighted by atomic mass is 9.98. The minimum atomic E-state index is -0.798. The van der Waals surface area contributed by atoms with Gasteiger partial charge in [0.1, 0.15) is 12.1 Å². The fourth-order valence-corrected chi connectivity index (χ4v) is 4.45. The van der Waals surface area contributed by atoms with Gasteiger partial charge in [0, 0.05) is 18.1 Å². The first-order chi connectivity index (χ1) is 13.1. The molecular weight excluding hydrogens is 364 g/mol. The molecule has 1 aromatic carbocycles. The zero-order valence-electron chi connectivity index (χ0n) is 14.8.